The number of nitrogens with two attached hydrogens (primary N) is 1. The Morgan fingerprint density at radius 2 is 2.23 bits per heavy atom. The molecule has 2 aliphatic heterocycles. The number of ether oxygens (including phenoxy) is 1. The highest BCUT2D eigenvalue weighted by molar-refractivity contribution is 7.99. The van der Waals surface area contributed by atoms with Gasteiger partial charge in [-0.05, 0) is 30.2 Å². The van der Waals surface area contributed by atoms with E-state index in [0.717, 1.165) is 11.5 Å². The van der Waals surface area contributed by atoms with Crippen molar-refractivity contribution in [3.05, 3.63) is 39.8 Å². The van der Waals surface area contributed by atoms with E-state index in [4.69, 9.17) is 10.5 Å². The lowest BCUT2D eigenvalue weighted by atomic mass is 10.0. The van der Waals surface area contributed by atoms with Crippen LogP contribution in [0.3, 0.4) is 0 Å². The minimum Gasteiger partial charge on any atom is -0.493 e. The number of aliphatic hydroxyl groups excluding tert-OH is 1. The van der Waals surface area contributed by atoms with Gasteiger partial charge in [0.2, 0.25) is 0 Å². The molecule has 0 saturated carbocycles. The minimum atomic E-state index is -0.779. The van der Waals surface area contributed by atoms with Crippen molar-refractivity contribution in [1.82, 2.24) is 4.90 Å². The van der Waals surface area contributed by atoms with E-state index in [-0.39, 0.29) is 42.2 Å². The molecule has 1 aromatic rings. The molecule has 1 saturated heterocycles. The molecule has 0 spiro atoms. The normalized spacial score (nSPS) is 18.8. The second-order valence-corrected chi connectivity index (χ2v) is 8.47. The number of aryl methyl sites for hydroxylation is 1. The lowest BCUT2D eigenvalue weighted by Crippen LogP contribution is -2.48. The van der Waals surface area contributed by atoms with Crippen molar-refractivity contribution in [2.24, 2.45) is 15.9 Å². The van der Waals surface area contributed by atoms with E-state index in [0.29, 0.717) is 42.8 Å². The molecule has 0 radical (unpaired) electrons. The standard InChI is InChI=1S/C21H26N4O5S/c1-13-4-5-17(18(20(22)27)19(13)24-29)30-9-6-14-12-31-10-8-25(14)21(28)15-3-2-7-23-16(15)11-26/h3-5,14,26H,2,6-12H2,1H3,(H2,22,27)/t14-/m1/s1. The predicted octanol–water partition coefficient (Wildman–Crippen LogP) is 1.97. The van der Waals surface area contributed by atoms with Crippen LogP contribution in [0.2, 0.25) is 0 Å². The molecule has 1 fully saturated rings. The van der Waals surface area contributed by atoms with Gasteiger partial charge in [0.1, 0.15) is 17.0 Å². The van der Waals surface area contributed by atoms with Crippen LogP contribution in [0.4, 0.5) is 5.69 Å². The van der Waals surface area contributed by atoms with Gasteiger partial charge in [-0.15, -0.1) is 4.91 Å². The van der Waals surface area contributed by atoms with Crippen LogP contribution in [0.1, 0.15) is 28.8 Å². The smallest absolute Gasteiger partial charge is 0.255 e. The van der Waals surface area contributed by atoms with E-state index in [1.807, 2.05) is 11.0 Å². The fourth-order valence-electron chi connectivity index (χ4n) is 3.73. The van der Waals surface area contributed by atoms with Crippen LogP contribution in [0.15, 0.2) is 34.0 Å². The zero-order valence-corrected chi connectivity index (χ0v) is 18.2. The van der Waals surface area contributed by atoms with Crippen LogP contribution in [0.5, 0.6) is 5.75 Å². The third kappa shape index (κ3) is 5.13. The Morgan fingerprint density at radius 3 is 2.94 bits per heavy atom. The molecular weight excluding hydrogens is 420 g/mol. The van der Waals surface area contributed by atoms with Crippen molar-refractivity contribution in [3.8, 4) is 5.75 Å². The summed E-state index contributed by atoms with van der Waals surface area (Å²) in [5.41, 5.74) is 6.83. The Kier molecular flexibility index (Phi) is 7.80. The lowest BCUT2D eigenvalue weighted by Gasteiger charge is -2.36. The summed E-state index contributed by atoms with van der Waals surface area (Å²) in [5.74, 6) is 0.891. The number of primary amides is 1. The Hall–Kier alpha value is -2.72. The number of rotatable bonds is 8. The van der Waals surface area contributed by atoms with Crippen molar-refractivity contribution in [1.29, 1.82) is 0 Å². The zero-order valence-electron chi connectivity index (χ0n) is 17.4. The first kappa shape index (κ1) is 23.0. The number of carbonyl (C=O) groups is 2. The second kappa shape index (κ2) is 10.5. The highest BCUT2D eigenvalue weighted by atomic mass is 32.2. The van der Waals surface area contributed by atoms with Crippen LogP contribution in [-0.2, 0) is 4.79 Å². The average molecular weight is 447 g/mol. The van der Waals surface area contributed by atoms with E-state index < -0.39 is 5.91 Å². The molecule has 31 heavy (non-hydrogen) atoms. The maximum absolute atomic E-state index is 13.1. The van der Waals surface area contributed by atoms with E-state index >= 15 is 0 Å². The number of nitrogens with zero attached hydrogens (tertiary/aromatic N) is 3. The summed E-state index contributed by atoms with van der Waals surface area (Å²) in [6.45, 7) is 2.82. The Bertz CT molecular complexity index is 931. The van der Waals surface area contributed by atoms with E-state index in [1.165, 1.54) is 0 Å². The van der Waals surface area contributed by atoms with Gasteiger partial charge in [-0.3, -0.25) is 14.6 Å². The van der Waals surface area contributed by atoms with Crippen molar-refractivity contribution >= 4 is 35.0 Å². The molecule has 2 amide bonds. The van der Waals surface area contributed by atoms with E-state index in [1.54, 1.807) is 30.8 Å². The number of aliphatic imine (C=N–C) groups is 1. The molecule has 2 aliphatic rings. The third-order valence-electron chi connectivity index (χ3n) is 5.35. The summed E-state index contributed by atoms with van der Waals surface area (Å²) in [4.78, 5) is 42.2. The van der Waals surface area contributed by atoms with Gasteiger partial charge in [0.25, 0.3) is 11.8 Å². The van der Waals surface area contributed by atoms with Crippen molar-refractivity contribution < 1.29 is 19.4 Å². The highest BCUT2D eigenvalue weighted by Gasteiger charge is 2.31. The summed E-state index contributed by atoms with van der Waals surface area (Å²) in [7, 11) is 0. The summed E-state index contributed by atoms with van der Waals surface area (Å²) < 4.78 is 5.79. The predicted molar refractivity (Wildman–Crippen MR) is 120 cm³/mol. The average Bonchev–Trinajstić information content (AvgIpc) is 2.79. The summed E-state index contributed by atoms with van der Waals surface area (Å²) >= 11 is 1.76. The summed E-state index contributed by atoms with van der Waals surface area (Å²) in [5, 5.41) is 12.5. The van der Waals surface area contributed by atoms with Crippen molar-refractivity contribution in [3.63, 3.8) is 0 Å². The quantitative estimate of drug-likeness (QED) is 0.586. The largest absolute Gasteiger partial charge is 0.493 e. The highest BCUT2D eigenvalue weighted by Crippen LogP contribution is 2.32. The van der Waals surface area contributed by atoms with Gasteiger partial charge in [0.15, 0.2) is 0 Å². The SMILES string of the molecule is Cc1ccc(OCC[C@@H]2CSCCN2C(=O)C2=CCCN=C2CO)c(C(N)=O)c1N=O. The summed E-state index contributed by atoms with van der Waals surface area (Å²) in [6.07, 6.45) is 3.06. The van der Waals surface area contributed by atoms with Crippen LogP contribution in [-0.4, -0.2) is 71.4 Å². The molecule has 2 heterocycles. The van der Waals surface area contributed by atoms with Gasteiger partial charge in [0.05, 0.1) is 24.5 Å². The molecule has 0 unspecified atom stereocenters. The molecule has 3 rings (SSSR count). The molecule has 1 atom stereocenters. The molecule has 9 nitrogen and oxygen atoms in total. The first-order chi connectivity index (χ1) is 15.0. The molecule has 10 heteroatoms. The van der Waals surface area contributed by atoms with E-state index in [9.17, 15) is 19.6 Å². The molecular formula is C21H26N4O5S. The number of amides is 2. The topological polar surface area (TPSA) is 135 Å². The van der Waals surface area contributed by atoms with Gasteiger partial charge in [-0.2, -0.15) is 11.8 Å². The number of hydrogen-bond donors (Lipinski definition) is 2. The van der Waals surface area contributed by atoms with Crippen LogP contribution in [0.25, 0.3) is 0 Å². The third-order valence-corrected chi connectivity index (χ3v) is 6.44. The van der Waals surface area contributed by atoms with Gasteiger partial charge in [-0.1, -0.05) is 12.1 Å². The molecule has 0 aromatic heterocycles. The maximum atomic E-state index is 13.1. The number of carbonyl (C=O) groups excluding carboxylic acids is 2. The number of dihydropyridines is 1. The van der Waals surface area contributed by atoms with Crippen LogP contribution >= 0.6 is 11.8 Å². The first-order valence-corrected chi connectivity index (χ1v) is 11.3. The van der Waals surface area contributed by atoms with Crippen molar-refractivity contribution in [2.75, 3.05) is 37.8 Å². The van der Waals surface area contributed by atoms with Crippen LogP contribution < -0.4 is 10.5 Å². The zero-order chi connectivity index (χ0) is 22.4. The maximum Gasteiger partial charge on any atom is 0.255 e. The lowest BCUT2D eigenvalue weighted by molar-refractivity contribution is -0.128. The number of hydrogen-bond acceptors (Lipinski definition) is 8. The Morgan fingerprint density at radius 1 is 1.42 bits per heavy atom. The fourth-order valence-corrected chi connectivity index (χ4v) is 4.84. The van der Waals surface area contributed by atoms with Gasteiger partial charge in [0, 0.05) is 37.1 Å². The number of nitroso groups, excluding NO2 is 1. The van der Waals surface area contributed by atoms with Gasteiger partial charge < -0.3 is 20.5 Å². The van der Waals surface area contributed by atoms with E-state index in [2.05, 4.69) is 10.2 Å². The first-order valence-electron chi connectivity index (χ1n) is 10.1. The fraction of sp³-hybridized carbons (Fsp3) is 0.476. The molecule has 0 bridgehead atoms. The number of aliphatic hydroxyl groups is 1. The Labute approximate surface area is 184 Å². The van der Waals surface area contributed by atoms with Gasteiger partial charge in [-0.25, -0.2) is 0 Å². The second-order valence-electron chi connectivity index (χ2n) is 7.32. The monoisotopic (exact) mass is 446 g/mol. The van der Waals surface area contributed by atoms with Crippen LogP contribution in [0, 0.1) is 11.8 Å². The van der Waals surface area contributed by atoms with Gasteiger partial charge >= 0.3 is 0 Å². The van der Waals surface area contributed by atoms with Crippen molar-refractivity contribution in [2.45, 2.75) is 25.8 Å². The summed E-state index contributed by atoms with van der Waals surface area (Å²) in [6, 6.07) is 3.18. The molecule has 166 valence electrons. The molecule has 3 N–H and O–H groups in total. The number of thioether (sulfide) groups is 1. The molecule has 1 aromatic carbocycles. The number of benzene rings is 1. The molecule has 0 aliphatic carbocycles. The Balaban J connectivity index is 1.70. The minimum absolute atomic E-state index is 0.0184.